The number of carbonyl (C=O) groups excluding carboxylic acids is 1. The van der Waals surface area contributed by atoms with E-state index < -0.39 is 0 Å². The van der Waals surface area contributed by atoms with Crippen molar-refractivity contribution in [2.24, 2.45) is 0 Å². The fraction of sp³-hybridized carbons (Fsp3) is 0.286. The number of nitrogens with zero attached hydrogens (tertiary/aromatic N) is 2. The minimum Gasteiger partial charge on any atom is -0.383 e. The summed E-state index contributed by atoms with van der Waals surface area (Å²) in [5.41, 5.74) is 1.74. The number of halogens is 2. The summed E-state index contributed by atoms with van der Waals surface area (Å²) in [6, 6.07) is 5.18. The van der Waals surface area contributed by atoms with Gasteiger partial charge < -0.3 is 14.6 Å². The van der Waals surface area contributed by atoms with Crippen molar-refractivity contribution in [2.45, 2.75) is 13.5 Å². The van der Waals surface area contributed by atoms with Crippen LogP contribution in [0.1, 0.15) is 16.1 Å². The second-order valence-electron chi connectivity index (χ2n) is 4.46. The third-order valence-corrected chi connectivity index (χ3v) is 3.45. The fourth-order valence-electron chi connectivity index (χ4n) is 1.93. The highest BCUT2D eigenvalue weighted by Crippen LogP contribution is 2.26. The molecule has 0 fully saturated rings. The van der Waals surface area contributed by atoms with Gasteiger partial charge in [0.05, 0.1) is 12.3 Å². The van der Waals surface area contributed by atoms with Gasteiger partial charge in [-0.15, -0.1) is 0 Å². The van der Waals surface area contributed by atoms with E-state index in [1.807, 2.05) is 10.8 Å². The summed E-state index contributed by atoms with van der Waals surface area (Å²) in [4.78, 5) is 16.3. The lowest BCUT2D eigenvalue weighted by Crippen LogP contribution is -2.19. The highest BCUT2D eigenvalue weighted by Gasteiger charge is 2.15. The Morgan fingerprint density at radius 3 is 2.90 bits per heavy atom. The molecule has 1 amide bonds. The summed E-state index contributed by atoms with van der Waals surface area (Å²) < 4.78 is 6.83. The van der Waals surface area contributed by atoms with Crippen molar-refractivity contribution in [1.29, 1.82) is 0 Å². The summed E-state index contributed by atoms with van der Waals surface area (Å²) in [5, 5.41) is 3.23. The minimum absolute atomic E-state index is 0.170. The van der Waals surface area contributed by atoms with Gasteiger partial charge >= 0.3 is 0 Å². The van der Waals surface area contributed by atoms with E-state index in [-0.39, 0.29) is 11.1 Å². The monoisotopic (exact) mass is 327 g/mol. The van der Waals surface area contributed by atoms with Crippen molar-refractivity contribution in [3.05, 3.63) is 46.0 Å². The van der Waals surface area contributed by atoms with Crippen molar-refractivity contribution in [3.8, 4) is 0 Å². The number of methoxy groups -OCH3 is 1. The van der Waals surface area contributed by atoms with Crippen LogP contribution in [-0.4, -0.2) is 29.2 Å². The number of anilines is 1. The van der Waals surface area contributed by atoms with Crippen LogP contribution in [0, 0.1) is 6.92 Å². The maximum atomic E-state index is 12.4. The second kappa shape index (κ2) is 6.93. The van der Waals surface area contributed by atoms with Crippen molar-refractivity contribution < 1.29 is 9.53 Å². The lowest BCUT2D eigenvalue weighted by atomic mass is 10.2. The zero-order valence-electron chi connectivity index (χ0n) is 11.7. The fourth-order valence-corrected chi connectivity index (χ4v) is 2.51. The minimum atomic E-state index is -0.259. The van der Waals surface area contributed by atoms with Crippen LogP contribution in [0.25, 0.3) is 0 Å². The lowest BCUT2D eigenvalue weighted by molar-refractivity contribution is 0.101. The van der Waals surface area contributed by atoms with Gasteiger partial charge in [-0.3, -0.25) is 4.79 Å². The Morgan fingerprint density at radius 2 is 2.24 bits per heavy atom. The van der Waals surface area contributed by atoms with Crippen LogP contribution in [0.2, 0.25) is 10.3 Å². The zero-order valence-corrected chi connectivity index (χ0v) is 13.2. The first kappa shape index (κ1) is 15.8. The topological polar surface area (TPSA) is 56.1 Å². The first-order valence-electron chi connectivity index (χ1n) is 6.31. The summed E-state index contributed by atoms with van der Waals surface area (Å²) in [5.74, 6) is -0.259. The summed E-state index contributed by atoms with van der Waals surface area (Å²) >= 11 is 11.8. The van der Waals surface area contributed by atoms with Gasteiger partial charge in [0.2, 0.25) is 0 Å². The van der Waals surface area contributed by atoms with Gasteiger partial charge in [0.15, 0.2) is 5.15 Å². The van der Waals surface area contributed by atoms with Crippen LogP contribution in [0.15, 0.2) is 24.4 Å². The van der Waals surface area contributed by atoms with Crippen molar-refractivity contribution >= 4 is 34.8 Å². The highest BCUT2D eigenvalue weighted by molar-refractivity contribution is 6.35. The predicted molar refractivity (Wildman–Crippen MR) is 83.3 cm³/mol. The molecule has 2 aromatic rings. The average Bonchev–Trinajstić information content (AvgIpc) is 2.88. The molecular weight excluding hydrogens is 313 g/mol. The van der Waals surface area contributed by atoms with E-state index in [9.17, 15) is 4.79 Å². The third-order valence-electron chi connectivity index (χ3n) is 2.98. The first-order chi connectivity index (χ1) is 10.0. The Morgan fingerprint density at radius 1 is 1.48 bits per heavy atom. The second-order valence-corrected chi connectivity index (χ2v) is 5.21. The quantitative estimate of drug-likeness (QED) is 0.856. The van der Waals surface area contributed by atoms with Gasteiger partial charge in [0.1, 0.15) is 10.8 Å². The highest BCUT2D eigenvalue weighted by atomic mass is 35.5. The van der Waals surface area contributed by atoms with E-state index in [1.54, 1.807) is 32.2 Å². The lowest BCUT2D eigenvalue weighted by Gasteiger charge is -2.12. The van der Waals surface area contributed by atoms with Crippen LogP contribution in [0.5, 0.6) is 0 Å². The molecule has 21 heavy (non-hydrogen) atoms. The summed E-state index contributed by atoms with van der Waals surface area (Å²) in [6.07, 6.45) is 1.82. The Balaban J connectivity index is 2.21. The molecule has 0 atom stereocenters. The Kier molecular flexibility index (Phi) is 5.22. The molecule has 0 saturated heterocycles. The number of pyridine rings is 1. The maximum Gasteiger partial charge on any atom is 0.272 e. The molecule has 1 N–H and O–H groups in total. The van der Waals surface area contributed by atoms with Crippen LogP contribution >= 0.6 is 23.2 Å². The van der Waals surface area contributed by atoms with E-state index in [0.717, 1.165) is 5.56 Å². The molecule has 0 spiro atoms. The molecule has 0 aliphatic rings. The number of amides is 1. The maximum absolute atomic E-state index is 12.4. The van der Waals surface area contributed by atoms with Gasteiger partial charge in [0.25, 0.3) is 5.91 Å². The van der Waals surface area contributed by atoms with Gasteiger partial charge in [-0.1, -0.05) is 23.2 Å². The molecule has 0 aliphatic heterocycles. The van der Waals surface area contributed by atoms with Gasteiger partial charge in [0, 0.05) is 19.9 Å². The molecule has 2 rings (SSSR count). The molecule has 2 heterocycles. The van der Waals surface area contributed by atoms with Crippen molar-refractivity contribution in [2.75, 3.05) is 19.0 Å². The zero-order chi connectivity index (χ0) is 15.4. The average molecular weight is 328 g/mol. The molecule has 0 bridgehead atoms. The number of aromatic nitrogens is 2. The van der Waals surface area contributed by atoms with Crippen molar-refractivity contribution in [3.63, 3.8) is 0 Å². The van der Waals surface area contributed by atoms with Gasteiger partial charge in [-0.2, -0.15) is 0 Å². The van der Waals surface area contributed by atoms with Gasteiger partial charge in [-0.05, 0) is 30.7 Å². The van der Waals surface area contributed by atoms with Crippen LogP contribution in [0.4, 0.5) is 5.69 Å². The third kappa shape index (κ3) is 3.75. The SMILES string of the molecule is COCCn1cccc1C(=O)Nc1c(C)cc(Cl)nc1Cl. The van der Waals surface area contributed by atoms with Crippen LogP contribution < -0.4 is 5.32 Å². The normalized spacial score (nSPS) is 10.7. The Bertz CT molecular complexity index is 632. The smallest absolute Gasteiger partial charge is 0.272 e. The number of carbonyl (C=O) groups is 1. The van der Waals surface area contributed by atoms with E-state index in [0.29, 0.717) is 29.7 Å². The largest absolute Gasteiger partial charge is 0.383 e. The van der Waals surface area contributed by atoms with Crippen LogP contribution in [0.3, 0.4) is 0 Å². The molecule has 0 aliphatic carbocycles. The number of nitrogens with one attached hydrogen (secondary N) is 1. The molecule has 0 radical (unpaired) electrons. The Labute approximate surface area is 132 Å². The number of aryl methyl sites for hydroxylation is 1. The molecule has 112 valence electrons. The predicted octanol–water partition coefficient (Wildman–Crippen LogP) is 3.40. The molecule has 0 unspecified atom stereocenters. The van der Waals surface area contributed by atoms with E-state index in [1.165, 1.54) is 0 Å². The summed E-state index contributed by atoms with van der Waals surface area (Å²) in [7, 11) is 1.62. The number of hydrogen-bond donors (Lipinski definition) is 1. The van der Waals surface area contributed by atoms with Crippen molar-refractivity contribution in [1.82, 2.24) is 9.55 Å². The van der Waals surface area contributed by atoms with E-state index >= 15 is 0 Å². The molecule has 0 aromatic carbocycles. The Hall–Kier alpha value is -1.56. The molecule has 5 nitrogen and oxygen atoms in total. The molecule has 7 heteroatoms. The molecular formula is C14H15Cl2N3O2. The number of rotatable bonds is 5. The number of hydrogen-bond acceptors (Lipinski definition) is 3. The standard InChI is InChI=1S/C14H15Cl2N3O2/c1-9-8-11(15)17-13(16)12(9)18-14(20)10-4-3-5-19(10)6-7-21-2/h3-5,8H,6-7H2,1-2H3,(H,18,20). The molecule has 2 aromatic heterocycles. The number of ether oxygens (including phenoxy) is 1. The van der Waals surface area contributed by atoms with Crippen LogP contribution in [-0.2, 0) is 11.3 Å². The first-order valence-corrected chi connectivity index (χ1v) is 7.06. The van der Waals surface area contributed by atoms with Gasteiger partial charge in [-0.25, -0.2) is 4.98 Å². The van der Waals surface area contributed by atoms with E-state index in [4.69, 9.17) is 27.9 Å². The molecule has 0 saturated carbocycles. The summed E-state index contributed by atoms with van der Waals surface area (Å²) in [6.45, 7) is 2.92. The van der Waals surface area contributed by atoms with E-state index in [2.05, 4.69) is 10.3 Å².